The van der Waals surface area contributed by atoms with Crippen LogP contribution in [0.3, 0.4) is 0 Å². The Morgan fingerprint density at radius 3 is 2.22 bits per heavy atom. The summed E-state index contributed by atoms with van der Waals surface area (Å²) in [5.74, 6) is -1.35. The van der Waals surface area contributed by atoms with Gasteiger partial charge in [-0.05, 0) is 35.9 Å². The van der Waals surface area contributed by atoms with Crippen LogP contribution in [-0.4, -0.2) is 31.9 Å². The van der Waals surface area contributed by atoms with E-state index < -0.39 is 17.8 Å². The Hall–Kier alpha value is -3.67. The molecule has 1 aliphatic rings. The third-order valence-electron chi connectivity index (χ3n) is 4.08. The van der Waals surface area contributed by atoms with E-state index >= 15 is 0 Å². The van der Waals surface area contributed by atoms with E-state index in [2.05, 4.69) is 5.32 Å². The molecule has 1 heterocycles. The van der Waals surface area contributed by atoms with Gasteiger partial charge in [-0.3, -0.25) is 14.9 Å². The number of hydrogen-bond acceptors (Lipinski definition) is 4. The maximum atomic E-state index is 12.6. The lowest BCUT2D eigenvalue weighted by molar-refractivity contribution is -0.122. The van der Waals surface area contributed by atoms with Gasteiger partial charge < -0.3 is 4.90 Å². The van der Waals surface area contributed by atoms with Crippen LogP contribution in [0.5, 0.6) is 0 Å². The largest absolute Gasteiger partial charge is 0.378 e. The van der Waals surface area contributed by atoms with Gasteiger partial charge in [-0.25, -0.2) is 9.69 Å². The first-order chi connectivity index (χ1) is 13.0. The number of carbonyl (C=O) groups is 3. The number of allylic oxidation sites excluding steroid dienone is 2. The van der Waals surface area contributed by atoms with E-state index in [0.717, 1.165) is 16.2 Å². The van der Waals surface area contributed by atoms with Gasteiger partial charge >= 0.3 is 6.03 Å². The molecule has 0 atom stereocenters. The molecule has 0 bridgehead atoms. The third-order valence-corrected chi connectivity index (χ3v) is 4.08. The van der Waals surface area contributed by atoms with Crippen molar-refractivity contribution in [1.82, 2.24) is 5.32 Å². The maximum Gasteiger partial charge on any atom is 0.335 e. The molecule has 1 N–H and O–H groups in total. The molecule has 0 unspecified atom stereocenters. The lowest BCUT2D eigenvalue weighted by Gasteiger charge is -2.26. The van der Waals surface area contributed by atoms with E-state index in [4.69, 9.17) is 0 Å². The van der Waals surface area contributed by atoms with Crippen LogP contribution in [0.1, 0.15) is 5.56 Å². The summed E-state index contributed by atoms with van der Waals surface area (Å²) in [5.41, 5.74) is 2.31. The van der Waals surface area contributed by atoms with Gasteiger partial charge in [0, 0.05) is 19.8 Å². The third kappa shape index (κ3) is 3.95. The summed E-state index contributed by atoms with van der Waals surface area (Å²) in [5, 5.41) is 2.20. The van der Waals surface area contributed by atoms with Gasteiger partial charge in [0.15, 0.2) is 0 Å². The summed E-state index contributed by atoms with van der Waals surface area (Å²) in [7, 11) is 3.92. The smallest absolute Gasteiger partial charge is 0.335 e. The highest BCUT2D eigenvalue weighted by Crippen LogP contribution is 2.20. The number of hydrogen-bond donors (Lipinski definition) is 1. The quantitative estimate of drug-likeness (QED) is 0.671. The minimum absolute atomic E-state index is 0.0976. The fourth-order valence-corrected chi connectivity index (χ4v) is 2.63. The van der Waals surface area contributed by atoms with E-state index in [-0.39, 0.29) is 5.57 Å². The van der Waals surface area contributed by atoms with Crippen LogP contribution in [0, 0.1) is 0 Å². The molecule has 0 saturated carbocycles. The van der Waals surface area contributed by atoms with Crippen molar-refractivity contribution in [2.45, 2.75) is 0 Å². The SMILES string of the molecule is CN(C)c1ccc(/C=C/C=C2/C(=O)NC(=O)N(c3ccccc3)C2=O)cc1. The number of rotatable bonds is 4. The van der Waals surface area contributed by atoms with Gasteiger partial charge in [-0.15, -0.1) is 0 Å². The van der Waals surface area contributed by atoms with Crippen molar-refractivity contribution >= 4 is 35.3 Å². The molecule has 0 radical (unpaired) electrons. The summed E-state index contributed by atoms with van der Waals surface area (Å²) in [6.07, 6.45) is 4.83. The van der Waals surface area contributed by atoms with E-state index in [1.165, 1.54) is 6.08 Å². The van der Waals surface area contributed by atoms with Crippen LogP contribution < -0.4 is 15.1 Å². The Morgan fingerprint density at radius 1 is 0.926 bits per heavy atom. The first kappa shape index (κ1) is 18.1. The fraction of sp³-hybridized carbons (Fsp3) is 0.0952. The lowest BCUT2D eigenvalue weighted by atomic mass is 10.1. The van der Waals surface area contributed by atoms with Crippen molar-refractivity contribution in [3.63, 3.8) is 0 Å². The zero-order valence-electron chi connectivity index (χ0n) is 15.0. The van der Waals surface area contributed by atoms with Gasteiger partial charge in [0.1, 0.15) is 5.57 Å². The highest BCUT2D eigenvalue weighted by atomic mass is 16.2. The molecule has 0 aliphatic carbocycles. The Morgan fingerprint density at radius 2 is 1.59 bits per heavy atom. The first-order valence-corrected chi connectivity index (χ1v) is 8.38. The number of para-hydroxylation sites is 1. The Labute approximate surface area is 157 Å². The average Bonchev–Trinajstić information content (AvgIpc) is 2.65. The van der Waals surface area contributed by atoms with Gasteiger partial charge in [0.05, 0.1) is 5.69 Å². The number of imide groups is 2. The van der Waals surface area contributed by atoms with Crippen molar-refractivity contribution in [2.24, 2.45) is 0 Å². The van der Waals surface area contributed by atoms with E-state index in [1.807, 2.05) is 43.3 Å². The molecule has 1 saturated heterocycles. The molecule has 0 spiro atoms. The van der Waals surface area contributed by atoms with Crippen LogP contribution >= 0.6 is 0 Å². The normalized spacial score (nSPS) is 16.1. The van der Waals surface area contributed by atoms with Gasteiger partial charge in [-0.2, -0.15) is 0 Å². The predicted octanol–water partition coefficient (Wildman–Crippen LogP) is 2.98. The van der Waals surface area contributed by atoms with E-state index in [9.17, 15) is 14.4 Å². The Balaban J connectivity index is 1.82. The minimum Gasteiger partial charge on any atom is -0.378 e. The molecule has 3 rings (SSSR count). The molecule has 6 heteroatoms. The van der Waals surface area contributed by atoms with Crippen LogP contribution in [0.15, 0.2) is 72.3 Å². The predicted molar refractivity (Wildman–Crippen MR) is 105 cm³/mol. The summed E-state index contributed by atoms with van der Waals surface area (Å²) in [4.78, 5) is 39.7. The topological polar surface area (TPSA) is 69.7 Å². The average molecular weight is 361 g/mol. The number of benzene rings is 2. The molecular formula is C21H19N3O3. The highest BCUT2D eigenvalue weighted by Gasteiger charge is 2.36. The zero-order valence-corrected chi connectivity index (χ0v) is 15.0. The molecule has 2 aromatic carbocycles. The van der Waals surface area contributed by atoms with Crippen molar-refractivity contribution in [1.29, 1.82) is 0 Å². The Bertz CT molecular complexity index is 929. The summed E-state index contributed by atoms with van der Waals surface area (Å²) in [6.45, 7) is 0. The molecule has 0 aromatic heterocycles. The van der Waals surface area contributed by atoms with Crippen molar-refractivity contribution in [3.05, 3.63) is 77.9 Å². The van der Waals surface area contributed by atoms with E-state index in [1.54, 1.807) is 42.5 Å². The molecule has 136 valence electrons. The summed E-state index contributed by atoms with van der Waals surface area (Å²) < 4.78 is 0. The maximum absolute atomic E-state index is 12.6. The standard InChI is InChI=1S/C21H19N3O3/c1-23(2)16-13-11-15(12-14-16)7-6-10-18-19(25)22-21(27)24(20(18)26)17-8-4-3-5-9-17/h3-14H,1-2H3,(H,22,25,27)/b7-6+,18-10-. The number of nitrogens with one attached hydrogen (secondary N) is 1. The summed E-state index contributed by atoms with van der Waals surface area (Å²) >= 11 is 0. The molecule has 4 amide bonds. The number of barbiturate groups is 1. The number of amides is 4. The monoisotopic (exact) mass is 361 g/mol. The second-order valence-electron chi connectivity index (χ2n) is 6.16. The van der Waals surface area contributed by atoms with Gasteiger partial charge in [0.25, 0.3) is 11.8 Å². The highest BCUT2D eigenvalue weighted by molar-refractivity contribution is 6.37. The fourth-order valence-electron chi connectivity index (χ4n) is 2.63. The van der Waals surface area contributed by atoms with Crippen molar-refractivity contribution in [2.75, 3.05) is 23.9 Å². The van der Waals surface area contributed by atoms with Crippen molar-refractivity contribution in [3.8, 4) is 0 Å². The lowest BCUT2D eigenvalue weighted by Crippen LogP contribution is -2.54. The summed E-state index contributed by atoms with van der Waals surface area (Å²) in [6, 6.07) is 15.5. The van der Waals surface area contributed by atoms with Crippen LogP contribution in [-0.2, 0) is 9.59 Å². The van der Waals surface area contributed by atoms with Crippen LogP contribution in [0.2, 0.25) is 0 Å². The number of carbonyl (C=O) groups excluding carboxylic acids is 3. The molecule has 2 aromatic rings. The second kappa shape index (κ2) is 7.70. The number of urea groups is 1. The van der Waals surface area contributed by atoms with Crippen molar-refractivity contribution < 1.29 is 14.4 Å². The number of anilines is 2. The minimum atomic E-state index is -0.753. The zero-order chi connectivity index (χ0) is 19.4. The van der Waals surface area contributed by atoms with Gasteiger partial charge in [0.2, 0.25) is 0 Å². The van der Waals surface area contributed by atoms with E-state index in [0.29, 0.717) is 5.69 Å². The molecule has 1 fully saturated rings. The molecule has 27 heavy (non-hydrogen) atoms. The Kier molecular flexibility index (Phi) is 5.17. The van der Waals surface area contributed by atoms with Crippen LogP contribution in [0.4, 0.5) is 16.2 Å². The second-order valence-corrected chi connectivity index (χ2v) is 6.16. The molecular weight excluding hydrogens is 342 g/mol. The van der Waals surface area contributed by atoms with Gasteiger partial charge in [-0.1, -0.05) is 42.5 Å². The molecule has 1 aliphatic heterocycles. The molecule has 6 nitrogen and oxygen atoms in total. The first-order valence-electron chi connectivity index (χ1n) is 8.38. The van der Waals surface area contributed by atoms with Crippen LogP contribution in [0.25, 0.3) is 6.08 Å². The number of nitrogens with zero attached hydrogens (tertiary/aromatic N) is 2.